The molecule has 0 amide bonds. The predicted molar refractivity (Wildman–Crippen MR) is 56.3 cm³/mol. The third-order valence-corrected chi connectivity index (χ3v) is 2.19. The minimum absolute atomic E-state index is 0.157. The van der Waals surface area contributed by atoms with Gasteiger partial charge in [0.25, 0.3) is 0 Å². The van der Waals surface area contributed by atoms with Crippen molar-refractivity contribution in [1.29, 1.82) is 5.26 Å². The third kappa shape index (κ3) is 2.22. The molecule has 0 heterocycles. The van der Waals surface area contributed by atoms with E-state index in [1.807, 2.05) is 6.07 Å². The summed E-state index contributed by atoms with van der Waals surface area (Å²) in [6, 6.07) is 4.91. The summed E-state index contributed by atoms with van der Waals surface area (Å²) in [6.07, 6.45) is 0. The van der Waals surface area contributed by atoms with Crippen molar-refractivity contribution in [2.45, 2.75) is 4.90 Å². The van der Waals surface area contributed by atoms with Gasteiger partial charge in [0.1, 0.15) is 11.8 Å². The maximum atomic E-state index is 11.4. The number of methoxy groups -OCH3 is 2. The minimum Gasteiger partial charge on any atom is -0.497 e. The Labute approximate surface area is 92.8 Å². The molecule has 4 nitrogen and oxygen atoms in total. The summed E-state index contributed by atoms with van der Waals surface area (Å²) in [7, 11) is 2.72. The summed E-state index contributed by atoms with van der Waals surface area (Å²) in [5.41, 5.74) is 0.343. The van der Waals surface area contributed by atoms with Crippen LogP contribution in [0.25, 0.3) is 0 Å². The van der Waals surface area contributed by atoms with Gasteiger partial charge in [0, 0.05) is 4.90 Å². The fourth-order valence-electron chi connectivity index (χ4n) is 1.12. The van der Waals surface area contributed by atoms with Crippen LogP contribution in [0.5, 0.6) is 5.75 Å². The van der Waals surface area contributed by atoms with Crippen molar-refractivity contribution in [1.82, 2.24) is 0 Å². The monoisotopic (exact) mass is 223 g/mol. The lowest BCUT2D eigenvalue weighted by atomic mass is 10.1. The molecule has 0 spiro atoms. The molecular formula is C10H9NO3S. The highest BCUT2D eigenvalue weighted by Crippen LogP contribution is 2.25. The van der Waals surface area contributed by atoms with Gasteiger partial charge >= 0.3 is 5.97 Å². The van der Waals surface area contributed by atoms with E-state index in [9.17, 15) is 4.79 Å². The van der Waals surface area contributed by atoms with E-state index in [-0.39, 0.29) is 11.1 Å². The fraction of sp³-hybridized carbons (Fsp3) is 0.200. The lowest BCUT2D eigenvalue weighted by molar-refractivity contribution is 0.0596. The van der Waals surface area contributed by atoms with Gasteiger partial charge < -0.3 is 9.47 Å². The molecule has 0 saturated carbocycles. The highest BCUT2D eigenvalue weighted by molar-refractivity contribution is 7.80. The first-order chi connectivity index (χ1) is 7.13. The zero-order chi connectivity index (χ0) is 11.4. The summed E-state index contributed by atoms with van der Waals surface area (Å²) in [5.74, 6) is -0.108. The van der Waals surface area contributed by atoms with Crippen LogP contribution < -0.4 is 4.74 Å². The number of carbonyl (C=O) groups excluding carboxylic acids is 1. The van der Waals surface area contributed by atoms with Crippen molar-refractivity contribution >= 4 is 18.6 Å². The largest absolute Gasteiger partial charge is 0.497 e. The van der Waals surface area contributed by atoms with Crippen LogP contribution in [0.15, 0.2) is 17.0 Å². The van der Waals surface area contributed by atoms with Crippen LogP contribution >= 0.6 is 12.6 Å². The molecule has 0 aliphatic rings. The van der Waals surface area contributed by atoms with Crippen molar-refractivity contribution in [3.05, 3.63) is 23.3 Å². The quantitative estimate of drug-likeness (QED) is 0.611. The molecule has 5 heteroatoms. The molecular weight excluding hydrogens is 214 g/mol. The lowest BCUT2D eigenvalue weighted by Gasteiger charge is -2.07. The topological polar surface area (TPSA) is 59.3 Å². The number of nitrogens with zero attached hydrogens (tertiary/aromatic N) is 1. The number of hydrogen-bond acceptors (Lipinski definition) is 5. The molecule has 0 N–H and O–H groups in total. The number of thiol groups is 1. The van der Waals surface area contributed by atoms with Gasteiger partial charge in [-0.05, 0) is 12.1 Å². The Morgan fingerprint density at radius 3 is 2.60 bits per heavy atom. The maximum Gasteiger partial charge on any atom is 0.340 e. The number of carbonyl (C=O) groups is 1. The Morgan fingerprint density at radius 2 is 2.13 bits per heavy atom. The molecule has 1 aromatic carbocycles. The van der Waals surface area contributed by atoms with E-state index in [2.05, 4.69) is 17.4 Å². The average molecular weight is 223 g/mol. The molecule has 0 aromatic heterocycles. The van der Waals surface area contributed by atoms with Crippen molar-refractivity contribution in [2.75, 3.05) is 14.2 Å². The van der Waals surface area contributed by atoms with Crippen molar-refractivity contribution < 1.29 is 14.3 Å². The highest BCUT2D eigenvalue weighted by Gasteiger charge is 2.16. The molecule has 0 bridgehead atoms. The lowest BCUT2D eigenvalue weighted by Crippen LogP contribution is -2.06. The number of esters is 1. The maximum absolute atomic E-state index is 11.4. The van der Waals surface area contributed by atoms with E-state index in [0.717, 1.165) is 0 Å². The second-order valence-corrected chi connectivity index (χ2v) is 3.15. The molecule has 0 aliphatic carbocycles. The zero-order valence-corrected chi connectivity index (χ0v) is 9.17. The van der Waals surface area contributed by atoms with Gasteiger partial charge in [-0.3, -0.25) is 0 Å². The zero-order valence-electron chi connectivity index (χ0n) is 8.27. The number of ether oxygens (including phenoxy) is 2. The molecule has 78 valence electrons. The van der Waals surface area contributed by atoms with Crippen LogP contribution in [0.1, 0.15) is 15.9 Å². The Hall–Kier alpha value is -1.67. The van der Waals surface area contributed by atoms with Crippen LogP contribution in [-0.2, 0) is 4.74 Å². The number of rotatable bonds is 2. The Balaban J connectivity index is 3.39. The standard InChI is InChI=1S/C10H9NO3S/c1-13-7-3-6(5-11)9(8(15)4-7)10(12)14-2/h3-4,15H,1-2H3. The van der Waals surface area contributed by atoms with Gasteiger partial charge in [0.2, 0.25) is 0 Å². The van der Waals surface area contributed by atoms with Crippen molar-refractivity contribution in [2.24, 2.45) is 0 Å². The first-order valence-electron chi connectivity index (χ1n) is 4.03. The Kier molecular flexibility index (Phi) is 3.58. The normalized spacial score (nSPS) is 9.20. The van der Waals surface area contributed by atoms with E-state index >= 15 is 0 Å². The number of nitriles is 1. The molecule has 15 heavy (non-hydrogen) atoms. The van der Waals surface area contributed by atoms with Crippen molar-refractivity contribution in [3.63, 3.8) is 0 Å². The minimum atomic E-state index is -0.584. The van der Waals surface area contributed by atoms with E-state index in [4.69, 9.17) is 10.00 Å². The van der Waals surface area contributed by atoms with Gasteiger partial charge in [-0.15, -0.1) is 12.6 Å². The van der Waals surface area contributed by atoms with Gasteiger partial charge in [0.05, 0.1) is 25.3 Å². The predicted octanol–water partition coefficient (Wildman–Crippen LogP) is 1.64. The second-order valence-electron chi connectivity index (χ2n) is 2.67. The fourth-order valence-corrected chi connectivity index (χ4v) is 1.46. The summed E-state index contributed by atoms with van der Waals surface area (Å²) in [5, 5.41) is 8.86. The van der Waals surface area contributed by atoms with E-state index in [1.54, 1.807) is 6.07 Å². The molecule has 0 atom stereocenters. The van der Waals surface area contributed by atoms with E-state index in [0.29, 0.717) is 10.6 Å². The third-order valence-electron chi connectivity index (χ3n) is 1.84. The number of benzene rings is 1. The van der Waals surface area contributed by atoms with Gasteiger partial charge in [-0.25, -0.2) is 4.79 Å². The molecule has 0 saturated heterocycles. The Morgan fingerprint density at radius 1 is 1.47 bits per heavy atom. The van der Waals surface area contributed by atoms with E-state index in [1.165, 1.54) is 20.3 Å². The molecule has 1 rings (SSSR count). The summed E-state index contributed by atoms with van der Waals surface area (Å²) < 4.78 is 9.51. The summed E-state index contributed by atoms with van der Waals surface area (Å²) >= 11 is 4.11. The van der Waals surface area contributed by atoms with Gasteiger partial charge in [-0.1, -0.05) is 0 Å². The smallest absolute Gasteiger partial charge is 0.340 e. The molecule has 0 aliphatic heterocycles. The molecule has 0 radical (unpaired) electrons. The van der Waals surface area contributed by atoms with Crippen LogP contribution in [0.2, 0.25) is 0 Å². The Bertz CT molecular complexity index is 437. The van der Waals surface area contributed by atoms with Crippen LogP contribution in [0.4, 0.5) is 0 Å². The number of hydrogen-bond donors (Lipinski definition) is 1. The molecule has 0 fully saturated rings. The SMILES string of the molecule is COC(=O)c1c(S)cc(OC)cc1C#N. The van der Waals surface area contributed by atoms with Crippen molar-refractivity contribution in [3.8, 4) is 11.8 Å². The molecule has 1 aromatic rings. The summed E-state index contributed by atoms with van der Waals surface area (Å²) in [6.45, 7) is 0. The first-order valence-corrected chi connectivity index (χ1v) is 4.48. The summed E-state index contributed by atoms with van der Waals surface area (Å²) in [4.78, 5) is 11.7. The van der Waals surface area contributed by atoms with Crippen LogP contribution in [-0.4, -0.2) is 20.2 Å². The van der Waals surface area contributed by atoms with Crippen LogP contribution in [0.3, 0.4) is 0 Å². The van der Waals surface area contributed by atoms with Gasteiger partial charge in [0.15, 0.2) is 0 Å². The molecule has 0 unspecified atom stereocenters. The second kappa shape index (κ2) is 4.71. The van der Waals surface area contributed by atoms with Gasteiger partial charge in [-0.2, -0.15) is 5.26 Å². The first kappa shape index (κ1) is 11.4. The van der Waals surface area contributed by atoms with Crippen LogP contribution in [0, 0.1) is 11.3 Å². The van der Waals surface area contributed by atoms with E-state index < -0.39 is 5.97 Å². The highest BCUT2D eigenvalue weighted by atomic mass is 32.1. The average Bonchev–Trinajstić information content (AvgIpc) is 2.26.